The van der Waals surface area contributed by atoms with Crippen molar-refractivity contribution >= 4 is 0 Å². The fourth-order valence-electron chi connectivity index (χ4n) is 4.18. The van der Waals surface area contributed by atoms with Gasteiger partial charge in [0.1, 0.15) is 0 Å². The summed E-state index contributed by atoms with van der Waals surface area (Å²) in [4.78, 5) is 0. The van der Waals surface area contributed by atoms with E-state index in [2.05, 4.69) is 91.0 Å². The molecule has 0 fully saturated rings. The van der Waals surface area contributed by atoms with Crippen LogP contribution in [0.15, 0.2) is 91.0 Å². The van der Waals surface area contributed by atoms with Gasteiger partial charge in [-0.05, 0) is 27.8 Å². The number of hydrogen-bond acceptors (Lipinski definition) is 0. The average Bonchev–Trinajstić information content (AvgIpc) is 3.39. The molecule has 0 aromatic heterocycles. The highest BCUT2D eigenvalue weighted by Crippen LogP contribution is 2.59. The van der Waals surface area contributed by atoms with E-state index >= 15 is 0 Å². The predicted molar refractivity (Wildman–Crippen MR) is 90.8 cm³/mol. The van der Waals surface area contributed by atoms with Crippen LogP contribution < -0.4 is 0 Å². The summed E-state index contributed by atoms with van der Waals surface area (Å²) in [6, 6.07) is 28.8. The zero-order valence-electron chi connectivity index (χ0n) is 12.2. The lowest BCUT2D eigenvalue weighted by molar-refractivity contribution is 0.585. The van der Waals surface area contributed by atoms with Gasteiger partial charge in [0.2, 0.25) is 0 Å². The molecule has 0 saturated heterocycles. The Hall–Kier alpha value is -2.60. The van der Waals surface area contributed by atoms with E-state index in [0.29, 0.717) is 5.92 Å². The van der Waals surface area contributed by atoms with E-state index in [-0.39, 0.29) is 5.41 Å². The van der Waals surface area contributed by atoms with Crippen molar-refractivity contribution in [3.63, 3.8) is 0 Å². The third-order valence-corrected chi connectivity index (χ3v) is 5.11. The Labute approximate surface area is 130 Å². The van der Waals surface area contributed by atoms with Crippen molar-refractivity contribution in [3.05, 3.63) is 108 Å². The molecule has 0 radical (unpaired) electrons. The van der Waals surface area contributed by atoms with Crippen LogP contribution in [0.5, 0.6) is 0 Å². The zero-order valence-corrected chi connectivity index (χ0v) is 12.2. The fourth-order valence-corrected chi connectivity index (χ4v) is 4.18. The van der Waals surface area contributed by atoms with Gasteiger partial charge in [-0.3, -0.25) is 0 Å². The van der Waals surface area contributed by atoms with Crippen LogP contribution in [0.4, 0.5) is 0 Å². The van der Waals surface area contributed by atoms with E-state index in [1.807, 2.05) is 0 Å². The molecule has 0 heteroatoms. The molecule has 0 saturated carbocycles. The molecule has 0 spiro atoms. The van der Waals surface area contributed by atoms with Gasteiger partial charge >= 0.3 is 0 Å². The van der Waals surface area contributed by atoms with Gasteiger partial charge in [0.25, 0.3) is 0 Å². The number of fused-ring (bicyclic) bond motifs is 3. The third kappa shape index (κ3) is 1.37. The molecule has 0 amide bonds. The summed E-state index contributed by atoms with van der Waals surface area (Å²) in [5.41, 5.74) is 7.00. The van der Waals surface area contributed by atoms with Crippen LogP contribution >= 0.6 is 0 Å². The lowest BCUT2D eigenvalue weighted by Crippen LogP contribution is -2.30. The molecule has 0 atom stereocenters. The topological polar surface area (TPSA) is 0 Å². The van der Waals surface area contributed by atoms with Crippen LogP contribution in [-0.2, 0) is 5.41 Å². The molecule has 22 heavy (non-hydrogen) atoms. The molecular weight excluding hydrogens is 264 g/mol. The monoisotopic (exact) mass is 280 g/mol. The van der Waals surface area contributed by atoms with Crippen LogP contribution in [0.1, 0.15) is 16.7 Å². The van der Waals surface area contributed by atoms with Crippen molar-refractivity contribution in [1.82, 2.24) is 0 Å². The lowest BCUT2D eigenvalue weighted by atomic mass is 9.68. The standard InChI is InChI=1S/C22H16/c1-2-8-16(9-3-1)22(17-14-15-17)20-12-6-4-10-18(20)19-11-5-7-13-21(19)22/h1-15,17H. The smallest absolute Gasteiger partial charge is 0.0560 e. The molecular formula is C22H16. The highest BCUT2D eigenvalue weighted by atomic mass is 14.5. The highest BCUT2D eigenvalue weighted by molar-refractivity contribution is 5.84. The minimum absolute atomic E-state index is 0.0472. The molecule has 5 rings (SSSR count). The van der Waals surface area contributed by atoms with Crippen LogP contribution in [-0.4, -0.2) is 0 Å². The number of allylic oxidation sites excluding steroid dienone is 2. The number of hydrogen-bond donors (Lipinski definition) is 0. The maximum Gasteiger partial charge on any atom is 0.0560 e. The third-order valence-electron chi connectivity index (χ3n) is 5.11. The minimum atomic E-state index is -0.0472. The van der Waals surface area contributed by atoms with Gasteiger partial charge in [-0.2, -0.15) is 0 Å². The van der Waals surface area contributed by atoms with Crippen molar-refractivity contribution in [2.45, 2.75) is 5.41 Å². The molecule has 0 unspecified atom stereocenters. The van der Waals surface area contributed by atoms with Gasteiger partial charge in [-0.15, -0.1) is 0 Å². The van der Waals surface area contributed by atoms with Crippen LogP contribution in [0.25, 0.3) is 11.1 Å². The van der Waals surface area contributed by atoms with Crippen LogP contribution in [0.2, 0.25) is 0 Å². The maximum absolute atomic E-state index is 2.34. The van der Waals surface area contributed by atoms with Crippen molar-refractivity contribution < 1.29 is 0 Å². The van der Waals surface area contributed by atoms with Gasteiger partial charge in [-0.25, -0.2) is 0 Å². The second kappa shape index (κ2) is 4.20. The van der Waals surface area contributed by atoms with Crippen molar-refractivity contribution in [3.8, 4) is 11.1 Å². The Morgan fingerprint density at radius 2 is 1.05 bits per heavy atom. The summed E-state index contributed by atoms with van der Waals surface area (Å²) < 4.78 is 0. The molecule has 0 N–H and O–H groups in total. The largest absolute Gasteiger partial charge is 0.0794 e. The maximum atomic E-state index is 2.34. The molecule has 2 aliphatic carbocycles. The van der Waals surface area contributed by atoms with E-state index in [1.165, 1.54) is 27.8 Å². The number of benzene rings is 3. The molecule has 2 aliphatic rings. The van der Waals surface area contributed by atoms with Gasteiger partial charge < -0.3 is 0 Å². The number of rotatable bonds is 2. The molecule has 0 nitrogen and oxygen atoms in total. The van der Waals surface area contributed by atoms with Gasteiger partial charge in [0, 0.05) is 5.92 Å². The zero-order chi connectivity index (χ0) is 14.6. The van der Waals surface area contributed by atoms with Crippen molar-refractivity contribution in [1.29, 1.82) is 0 Å². The van der Waals surface area contributed by atoms with E-state index < -0.39 is 0 Å². The Bertz CT molecular complexity index is 835. The Morgan fingerprint density at radius 3 is 1.59 bits per heavy atom. The molecule has 3 aromatic carbocycles. The summed E-state index contributed by atoms with van der Waals surface area (Å²) in [6.07, 6.45) is 4.68. The predicted octanol–water partition coefficient (Wildman–Crippen LogP) is 5.19. The van der Waals surface area contributed by atoms with Gasteiger partial charge in [-0.1, -0.05) is 91.0 Å². The average molecular weight is 280 g/mol. The summed E-state index contributed by atoms with van der Waals surface area (Å²) >= 11 is 0. The fraction of sp³-hybridized carbons (Fsp3) is 0.0909. The van der Waals surface area contributed by atoms with Crippen LogP contribution in [0, 0.1) is 5.92 Å². The minimum Gasteiger partial charge on any atom is -0.0794 e. The summed E-state index contributed by atoms with van der Waals surface area (Å²) in [5.74, 6) is 0.486. The van der Waals surface area contributed by atoms with E-state index in [1.54, 1.807) is 0 Å². The van der Waals surface area contributed by atoms with Crippen LogP contribution in [0.3, 0.4) is 0 Å². The quantitative estimate of drug-likeness (QED) is 0.567. The first kappa shape index (κ1) is 12.0. The second-order valence-electron chi connectivity index (χ2n) is 6.18. The Morgan fingerprint density at radius 1 is 0.545 bits per heavy atom. The molecule has 0 heterocycles. The molecule has 0 aliphatic heterocycles. The SMILES string of the molecule is C1=CC1C1(c2ccccc2)c2ccccc2-c2ccccc21. The van der Waals surface area contributed by atoms with Gasteiger partial charge in [0.15, 0.2) is 0 Å². The lowest BCUT2D eigenvalue weighted by Gasteiger charge is -2.33. The van der Waals surface area contributed by atoms with Gasteiger partial charge in [0.05, 0.1) is 5.41 Å². The second-order valence-corrected chi connectivity index (χ2v) is 6.18. The van der Waals surface area contributed by atoms with E-state index in [9.17, 15) is 0 Å². The summed E-state index contributed by atoms with van der Waals surface area (Å²) in [6.45, 7) is 0. The first-order valence-electron chi connectivity index (χ1n) is 7.85. The summed E-state index contributed by atoms with van der Waals surface area (Å²) in [5, 5.41) is 0. The Kier molecular flexibility index (Phi) is 2.29. The molecule has 0 bridgehead atoms. The first-order valence-corrected chi connectivity index (χ1v) is 7.85. The molecule has 104 valence electrons. The Balaban J connectivity index is 1.93. The summed E-state index contributed by atoms with van der Waals surface area (Å²) in [7, 11) is 0. The van der Waals surface area contributed by atoms with Crippen molar-refractivity contribution in [2.75, 3.05) is 0 Å². The van der Waals surface area contributed by atoms with Crippen molar-refractivity contribution in [2.24, 2.45) is 5.92 Å². The normalized spacial score (nSPS) is 17.1. The highest BCUT2D eigenvalue weighted by Gasteiger charge is 2.50. The molecule has 3 aromatic rings. The van der Waals surface area contributed by atoms with E-state index in [0.717, 1.165) is 0 Å². The van der Waals surface area contributed by atoms with E-state index in [4.69, 9.17) is 0 Å². The first-order chi connectivity index (χ1) is 10.9.